The van der Waals surface area contributed by atoms with Crippen molar-refractivity contribution in [2.24, 2.45) is 17.8 Å². The van der Waals surface area contributed by atoms with Gasteiger partial charge in [-0.15, -0.1) is 13.2 Å². The first-order valence-corrected chi connectivity index (χ1v) is 16.4. The van der Waals surface area contributed by atoms with Gasteiger partial charge in [0.25, 0.3) is 5.91 Å². The van der Waals surface area contributed by atoms with E-state index in [0.717, 1.165) is 0 Å². The van der Waals surface area contributed by atoms with Gasteiger partial charge in [0.1, 0.15) is 17.4 Å². The highest BCUT2D eigenvalue weighted by molar-refractivity contribution is 6.07. The molecule has 3 saturated heterocycles. The number of para-hydroxylation sites is 1. The van der Waals surface area contributed by atoms with Crippen LogP contribution in [-0.2, 0) is 19.1 Å². The molecule has 3 aromatic rings. The van der Waals surface area contributed by atoms with Crippen LogP contribution < -0.4 is 14.5 Å². The number of nitrogens with zero attached hydrogens (tertiary/aromatic N) is 3. The van der Waals surface area contributed by atoms with Gasteiger partial charge < -0.3 is 29.3 Å². The molecule has 9 heteroatoms. The summed E-state index contributed by atoms with van der Waals surface area (Å²) in [5, 5.41) is 10.9. The second-order valence-corrected chi connectivity index (χ2v) is 13.1. The van der Waals surface area contributed by atoms with Crippen molar-refractivity contribution in [3.63, 3.8) is 0 Å². The molecule has 1 spiro atoms. The van der Waals surface area contributed by atoms with E-state index in [1.54, 1.807) is 53.3 Å². The van der Waals surface area contributed by atoms with Crippen molar-refractivity contribution in [1.82, 2.24) is 4.90 Å². The Morgan fingerprint density at radius 1 is 0.958 bits per heavy atom. The molecule has 1 N–H and O–H groups in total. The minimum atomic E-state index is -1.33. The zero-order valence-corrected chi connectivity index (χ0v) is 27.7. The molecule has 2 bridgehead atoms. The summed E-state index contributed by atoms with van der Waals surface area (Å²) in [4.78, 5) is 49.8. The van der Waals surface area contributed by atoms with E-state index in [1.807, 2.05) is 74.5 Å². The molecule has 9 nitrogen and oxygen atoms in total. The summed E-state index contributed by atoms with van der Waals surface area (Å²) in [6.07, 6.45) is 3.69. The zero-order valence-electron chi connectivity index (χ0n) is 27.7. The van der Waals surface area contributed by atoms with Crippen LogP contribution in [0.4, 0.5) is 11.4 Å². The quantitative estimate of drug-likeness (QED) is 0.272. The Hall–Kier alpha value is -4.73. The topological polar surface area (TPSA) is 99.6 Å². The van der Waals surface area contributed by atoms with Gasteiger partial charge in [-0.2, -0.15) is 0 Å². The van der Waals surface area contributed by atoms with Gasteiger partial charge in [-0.25, -0.2) is 0 Å². The average Bonchev–Trinajstić information content (AvgIpc) is 3.63. The number of aliphatic hydroxyl groups is 1. The third-order valence-electron chi connectivity index (χ3n) is 10.6. The van der Waals surface area contributed by atoms with Crippen LogP contribution >= 0.6 is 0 Å². The molecule has 3 heterocycles. The van der Waals surface area contributed by atoms with Crippen LogP contribution in [-0.4, -0.2) is 71.8 Å². The summed E-state index contributed by atoms with van der Waals surface area (Å²) in [5.74, 6) is -2.40. The smallest absolute Gasteiger partial charge is 0.253 e. The first-order valence-electron chi connectivity index (χ1n) is 16.4. The minimum absolute atomic E-state index is 0.162. The number of anilines is 2. The van der Waals surface area contributed by atoms with Crippen molar-refractivity contribution in [3.8, 4) is 5.75 Å². The number of hydrogen-bond donors (Lipinski definition) is 1. The fourth-order valence-corrected chi connectivity index (χ4v) is 8.29. The first-order chi connectivity index (χ1) is 23.2. The number of likely N-dealkylation sites (tertiary alicyclic amines) is 1. The summed E-state index contributed by atoms with van der Waals surface area (Å²) < 4.78 is 12.4. The van der Waals surface area contributed by atoms with E-state index >= 15 is 9.59 Å². The number of ether oxygens (including phenoxy) is 2. The van der Waals surface area contributed by atoms with Crippen molar-refractivity contribution in [1.29, 1.82) is 0 Å². The monoisotopic (exact) mass is 649 g/mol. The normalized spacial score (nSPS) is 27.7. The minimum Gasteiger partial charge on any atom is -0.497 e. The Labute approximate surface area is 282 Å². The van der Waals surface area contributed by atoms with Crippen molar-refractivity contribution in [2.75, 3.05) is 36.6 Å². The number of carbonyl (C=O) groups excluding carboxylic acids is 3. The zero-order chi connectivity index (χ0) is 34.2. The lowest BCUT2D eigenvalue weighted by molar-refractivity contribution is -0.149. The van der Waals surface area contributed by atoms with Gasteiger partial charge in [0.2, 0.25) is 11.8 Å². The Bertz CT molecular complexity index is 1680. The molecule has 0 radical (unpaired) electrons. The van der Waals surface area contributed by atoms with Gasteiger partial charge in [0.05, 0.1) is 37.2 Å². The number of carbonyl (C=O) groups is 3. The van der Waals surface area contributed by atoms with Crippen molar-refractivity contribution >= 4 is 29.1 Å². The third kappa shape index (κ3) is 5.13. The molecule has 0 aromatic heterocycles. The maximum absolute atomic E-state index is 15.2. The summed E-state index contributed by atoms with van der Waals surface area (Å²) >= 11 is 0. The number of aliphatic hydroxyl groups excluding tert-OH is 1. The van der Waals surface area contributed by atoms with E-state index in [4.69, 9.17) is 9.47 Å². The largest absolute Gasteiger partial charge is 0.497 e. The average molecular weight is 650 g/mol. The fourth-order valence-electron chi connectivity index (χ4n) is 8.29. The molecule has 0 saturated carbocycles. The molecule has 3 unspecified atom stereocenters. The van der Waals surface area contributed by atoms with Gasteiger partial charge in [-0.05, 0) is 61.2 Å². The van der Waals surface area contributed by atoms with Gasteiger partial charge >= 0.3 is 0 Å². The van der Waals surface area contributed by atoms with Crippen LogP contribution in [0, 0.1) is 17.8 Å². The highest BCUT2D eigenvalue weighted by Gasteiger charge is 2.80. The predicted molar refractivity (Wildman–Crippen MR) is 184 cm³/mol. The first kappa shape index (κ1) is 33.2. The Kier molecular flexibility index (Phi) is 9.02. The van der Waals surface area contributed by atoms with Crippen LogP contribution in [0.3, 0.4) is 0 Å². The second kappa shape index (κ2) is 13.1. The molecule has 250 valence electrons. The molecular formula is C39H43N3O6. The summed E-state index contributed by atoms with van der Waals surface area (Å²) in [6.45, 7) is 11.7. The lowest BCUT2D eigenvalue weighted by atomic mass is 9.62. The Morgan fingerprint density at radius 3 is 2.08 bits per heavy atom. The third-order valence-corrected chi connectivity index (χ3v) is 10.6. The molecule has 6 rings (SSSR count). The SMILES string of the molecule is C=CCN(C(=O)C1N([C@H](CO)c2ccccc2)C(=O)[C@@H]2[C@H](C(=O)N(CC=C)c3ccccc3)[C@@]3(C)OC12CC3C)c1ccc(OC)cc1. The highest BCUT2D eigenvalue weighted by Crippen LogP contribution is 2.66. The van der Waals surface area contributed by atoms with Crippen LogP contribution in [0.15, 0.2) is 110 Å². The van der Waals surface area contributed by atoms with Crippen molar-refractivity contribution in [3.05, 3.63) is 116 Å². The number of amides is 3. The Balaban J connectivity index is 1.52. The Morgan fingerprint density at radius 2 is 1.52 bits per heavy atom. The summed E-state index contributed by atoms with van der Waals surface area (Å²) in [6, 6.07) is 23.6. The number of hydrogen-bond acceptors (Lipinski definition) is 6. The van der Waals surface area contributed by atoms with Gasteiger partial charge in [0.15, 0.2) is 0 Å². The molecular weight excluding hydrogens is 606 g/mol. The highest BCUT2D eigenvalue weighted by atomic mass is 16.5. The molecule has 3 amide bonds. The number of methoxy groups -OCH3 is 1. The lowest BCUT2D eigenvalue weighted by Gasteiger charge is -2.39. The van der Waals surface area contributed by atoms with Crippen molar-refractivity contribution in [2.45, 2.75) is 43.6 Å². The van der Waals surface area contributed by atoms with Crippen LogP contribution in [0.1, 0.15) is 31.9 Å². The van der Waals surface area contributed by atoms with E-state index in [1.165, 1.54) is 4.90 Å². The number of fused-ring (bicyclic) bond motifs is 1. The van der Waals surface area contributed by atoms with E-state index in [2.05, 4.69) is 13.2 Å². The summed E-state index contributed by atoms with van der Waals surface area (Å²) in [7, 11) is 1.57. The van der Waals surface area contributed by atoms with Crippen LogP contribution in [0.2, 0.25) is 0 Å². The number of benzene rings is 3. The molecule has 3 aliphatic heterocycles. The standard InChI is InChI=1S/C39H43N3O6/c1-6-22-40(28-16-12-9-13-17-28)35(44)32-33-36(45)42(31(25-43)27-14-10-8-11-15-27)34(39(33)24-26(3)38(32,4)48-39)37(46)41(23-7-2)29-18-20-30(47-5)21-19-29/h6-21,26,31-34,43H,1-2,22-25H2,3-5H3/t26?,31-,32-,33+,34?,38+,39?/m1/s1. The van der Waals surface area contributed by atoms with E-state index in [9.17, 15) is 9.90 Å². The summed E-state index contributed by atoms with van der Waals surface area (Å²) in [5.41, 5.74) is -0.404. The van der Waals surface area contributed by atoms with Gasteiger partial charge in [0, 0.05) is 24.5 Å². The number of rotatable bonds is 12. The van der Waals surface area contributed by atoms with Crippen LogP contribution in [0.25, 0.3) is 0 Å². The van der Waals surface area contributed by atoms with Crippen molar-refractivity contribution < 1.29 is 29.0 Å². The maximum Gasteiger partial charge on any atom is 0.253 e. The van der Waals surface area contributed by atoms with E-state index in [0.29, 0.717) is 29.1 Å². The van der Waals surface area contributed by atoms with E-state index < -0.39 is 41.7 Å². The lowest BCUT2D eigenvalue weighted by Crippen LogP contribution is -2.57. The molecule has 3 fully saturated rings. The van der Waals surface area contributed by atoms with E-state index in [-0.39, 0.29) is 36.7 Å². The molecule has 48 heavy (non-hydrogen) atoms. The molecule has 7 atom stereocenters. The maximum atomic E-state index is 15.2. The van der Waals surface area contributed by atoms with Crippen LogP contribution in [0.5, 0.6) is 5.75 Å². The van der Waals surface area contributed by atoms with Gasteiger partial charge in [-0.3, -0.25) is 14.4 Å². The molecule has 0 aliphatic carbocycles. The second-order valence-electron chi connectivity index (χ2n) is 13.1. The van der Waals surface area contributed by atoms with Gasteiger partial charge in [-0.1, -0.05) is 67.6 Å². The molecule has 3 aliphatic rings. The predicted octanol–water partition coefficient (Wildman–Crippen LogP) is 5.18. The molecule has 3 aromatic carbocycles. The fraction of sp³-hybridized carbons (Fsp3) is 0.359.